The number of hydrogen-bond donors (Lipinski definition) is 0. The van der Waals surface area contributed by atoms with E-state index in [1.165, 1.54) is 13.2 Å². The first-order valence-electron chi connectivity index (χ1n) is 10.2. The van der Waals surface area contributed by atoms with E-state index in [0.29, 0.717) is 34.8 Å². The SMILES string of the molecule is COc1cc(/C=C2\N=C(c3ccc(C)c([N+](=O)[O-])c3)OC2=O)ccc1OCc1cccc(I)c1. The number of nitro benzene ring substituents is 1. The summed E-state index contributed by atoms with van der Waals surface area (Å²) in [5.74, 6) is 0.443. The molecular formula is C25H19IN2O6. The van der Waals surface area contributed by atoms with Crippen LogP contribution in [0.4, 0.5) is 5.69 Å². The van der Waals surface area contributed by atoms with Crippen molar-refractivity contribution >= 4 is 46.2 Å². The van der Waals surface area contributed by atoms with Crippen molar-refractivity contribution in [2.45, 2.75) is 13.5 Å². The van der Waals surface area contributed by atoms with Crippen LogP contribution in [0.1, 0.15) is 22.3 Å². The van der Waals surface area contributed by atoms with Crippen molar-refractivity contribution in [3.8, 4) is 11.5 Å². The van der Waals surface area contributed by atoms with Gasteiger partial charge in [-0.3, -0.25) is 10.1 Å². The standard InChI is InChI=1S/C25H19IN2O6/c1-15-6-8-18(13-21(15)28(30)31)24-27-20(25(29)34-24)11-16-7-9-22(23(12-16)32-2)33-14-17-4-3-5-19(26)10-17/h3-13H,14H2,1-2H3/b20-11-. The van der Waals surface area contributed by atoms with Crippen LogP contribution in [-0.4, -0.2) is 23.9 Å². The first-order chi connectivity index (χ1) is 16.3. The molecule has 3 aromatic carbocycles. The van der Waals surface area contributed by atoms with Crippen LogP contribution in [0.25, 0.3) is 6.08 Å². The number of nitrogens with zero attached hydrogens (tertiary/aromatic N) is 2. The topological polar surface area (TPSA) is 100 Å². The van der Waals surface area contributed by atoms with Gasteiger partial charge in [0.2, 0.25) is 5.90 Å². The summed E-state index contributed by atoms with van der Waals surface area (Å²) >= 11 is 2.25. The summed E-state index contributed by atoms with van der Waals surface area (Å²) in [4.78, 5) is 27.3. The van der Waals surface area contributed by atoms with Gasteiger partial charge in [0, 0.05) is 20.8 Å². The van der Waals surface area contributed by atoms with Crippen molar-refractivity contribution < 1.29 is 23.9 Å². The van der Waals surface area contributed by atoms with Gasteiger partial charge in [-0.25, -0.2) is 9.79 Å². The van der Waals surface area contributed by atoms with Crippen molar-refractivity contribution in [1.29, 1.82) is 0 Å². The monoisotopic (exact) mass is 570 g/mol. The first-order valence-corrected chi connectivity index (χ1v) is 11.2. The van der Waals surface area contributed by atoms with Gasteiger partial charge in [0.1, 0.15) is 6.61 Å². The molecule has 0 N–H and O–H groups in total. The van der Waals surface area contributed by atoms with Crippen LogP contribution >= 0.6 is 22.6 Å². The molecule has 0 aliphatic carbocycles. The molecular weight excluding hydrogens is 551 g/mol. The van der Waals surface area contributed by atoms with Gasteiger partial charge >= 0.3 is 5.97 Å². The average molecular weight is 570 g/mol. The third-order valence-corrected chi connectivity index (χ3v) is 5.72. The Balaban J connectivity index is 1.56. The summed E-state index contributed by atoms with van der Waals surface area (Å²) in [6.07, 6.45) is 1.56. The molecule has 1 aliphatic rings. The Labute approximate surface area is 209 Å². The predicted octanol–water partition coefficient (Wildman–Crippen LogP) is 5.44. The Morgan fingerprint density at radius 2 is 1.94 bits per heavy atom. The predicted molar refractivity (Wildman–Crippen MR) is 135 cm³/mol. The number of hydrogen-bond acceptors (Lipinski definition) is 7. The smallest absolute Gasteiger partial charge is 0.363 e. The van der Waals surface area contributed by atoms with E-state index in [4.69, 9.17) is 14.2 Å². The Morgan fingerprint density at radius 3 is 2.68 bits per heavy atom. The maximum atomic E-state index is 12.4. The van der Waals surface area contributed by atoms with Crippen LogP contribution in [0.2, 0.25) is 0 Å². The molecule has 34 heavy (non-hydrogen) atoms. The van der Waals surface area contributed by atoms with E-state index >= 15 is 0 Å². The molecule has 0 saturated carbocycles. The zero-order chi connectivity index (χ0) is 24.2. The highest BCUT2D eigenvalue weighted by Crippen LogP contribution is 2.31. The van der Waals surface area contributed by atoms with Crippen molar-refractivity contribution in [1.82, 2.24) is 0 Å². The molecule has 0 aromatic heterocycles. The molecule has 3 aromatic rings. The Kier molecular flexibility index (Phi) is 6.92. The zero-order valence-electron chi connectivity index (χ0n) is 18.3. The molecule has 0 saturated heterocycles. The molecule has 0 atom stereocenters. The van der Waals surface area contributed by atoms with E-state index in [0.717, 1.165) is 9.13 Å². The molecule has 172 valence electrons. The van der Waals surface area contributed by atoms with E-state index in [2.05, 4.69) is 27.6 Å². The maximum Gasteiger partial charge on any atom is 0.363 e. The summed E-state index contributed by atoms with van der Waals surface area (Å²) < 4.78 is 17.7. The number of benzene rings is 3. The Bertz CT molecular complexity index is 1350. The number of nitro groups is 1. The number of halogens is 1. The fourth-order valence-electron chi connectivity index (χ4n) is 3.31. The quantitative estimate of drug-likeness (QED) is 0.123. The highest BCUT2D eigenvalue weighted by molar-refractivity contribution is 14.1. The highest BCUT2D eigenvalue weighted by Gasteiger charge is 2.26. The fraction of sp³-hybridized carbons (Fsp3) is 0.120. The van der Waals surface area contributed by atoms with Crippen LogP contribution in [-0.2, 0) is 16.1 Å². The van der Waals surface area contributed by atoms with Crippen molar-refractivity contribution in [2.75, 3.05) is 7.11 Å². The van der Waals surface area contributed by atoms with E-state index in [1.54, 1.807) is 43.3 Å². The molecule has 9 heteroatoms. The zero-order valence-corrected chi connectivity index (χ0v) is 20.4. The summed E-state index contributed by atoms with van der Waals surface area (Å²) in [5.41, 5.74) is 2.56. The normalized spacial score (nSPS) is 14.0. The van der Waals surface area contributed by atoms with E-state index in [9.17, 15) is 14.9 Å². The molecule has 1 aliphatic heterocycles. The van der Waals surface area contributed by atoms with E-state index in [-0.39, 0.29) is 17.3 Å². The minimum atomic E-state index is -0.642. The third kappa shape index (κ3) is 5.25. The van der Waals surface area contributed by atoms with Gasteiger partial charge in [-0.05, 0) is 77.0 Å². The van der Waals surface area contributed by atoms with Crippen LogP contribution in [0.5, 0.6) is 11.5 Å². The second-order valence-electron chi connectivity index (χ2n) is 7.42. The number of esters is 1. The highest BCUT2D eigenvalue weighted by atomic mass is 127. The second kappa shape index (κ2) is 10.0. The summed E-state index contributed by atoms with van der Waals surface area (Å²) in [6.45, 7) is 2.02. The lowest BCUT2D eigenvalue weighted by atomic mass is 10.1. The Hall–Kier alpha value is -3.73. The molecule has 0 radical (unpaired) electrons. The number of rotatable bonds is 7. The molecule has 0 unspecified atom stereocenters. The van der Waals surface area contributed by atoms with Gasteiger partial charge in [-0.15, -0.1) is 0 Å². The summed E-state index contributed by atoms with van der Waals surface area (Å²) in [6, 6.07) is 17.8. The summed E-state index contributed by atoms with van der Waals surface area (Å²) in [7, 11) is 1.54. The lowest BCUT2D eigenvalue weighted by molar-refractivity contribution is -0.385. The van der Waals surface area contributed by atoms with Crippen molar-refractivity contribution in [2.24, 2.45) is 4.99 Å². The molecule has 8 nitrogen and oxygen atoms in total. The van der Waals surface area contributed by atoms with Crippen molar-refractivity contribution in [3.63, 3.8) is 0 Å². The van der Waals surface area contributed by atoms with Gasteiger partial charge in [-0.2, -0.15) is 0 Å². The van der Waals surface area contributed by atoms with Crippen LogP contribution in [0.3, 0.4) is 0 Å². The van der Waals surface area contributed by atoms with Crippen LogP contribution in [0, 0.1) is 20.6 Å². The number of carbonyl (C=O) groups is 1. The van der Waals surface area contributed by atoms with Gasteiger partial charge < -0.3 is 14.2 Å². The Morgan fingerprint density at radius 1 is 1.12 bits per heavy atom. The third-order valence-electron chi connectivity index (χ3n) is 5.05. The number of carbonyl (C=O) groups excluding carboxylic acids is 1. The number of methoxy groups -OCH3 is 1. The molecule has 0 spiro atoms. The molecule has 0 amide bonds. The van der Waals surface area contributed by atoms with E-state index < -0.39 is 10.9 Å². The van der Waals surface area contributed by atoms with Gasteiger partial charge in [-0.1, -0.05) is 24.3 Å². The largest absolute Gasteiger partial charge is 0.493 e. The molecule has 0 bridgehead atoms. The van der Waals surface area contributed by atoms with Crippen LogP contribution < -0.4 is 9.47 Å². The second-order valence-corrected chi connectivity index (χ2v) is 8.67. The fourth-order valence-corrected chi connectivity index (χ4v) is 3.92. The van der Waals surface area contributed by atoms with Crippen molar-refractivity contribution in [3.05, 3.63) is 102 Å². The lowest BCUT2D eigenvalue weighted by Gasteiger charge is -2.11. The van der Waals surface area contributed by atoms with Gasteiger partial charge in [0.05, 0.1) is 12.0 Å². The van der Waals surface area contributed by atoms with E-state index in [1.807, 2.05) is 24.3 Å². The minimum absolute atomic E-state index is 0.0174. The number of aryl methyl sites for hydroxylation is 1. The first kappa shape index (κ1) is 23.4. The number of ether oxygens (including phenoxy) is 3. The number of aliphatic imine (C=N–C) groups is 1. The summed E-state index contributed by atoms with van der Waals surface area (Å²) in [5, 5.41) is 11.2. The molecule has 0 fully saturated rings. The maximum absolute atomic E-state index is 12.4. The van der Waals surface area contributed by atoms with Gasteiger partial charge in [0.25, 0.3) is 5.69 Å². The van der Waals surface area contributed by atoms with Crippen LogP contribution in [0.15, 0.2) is 71.4 Å². The minimum Gasteiger partial charge on any atom is -0.493 e. The number of cyclic esters (lactones) is 1. The molecule has 4 rings (SSSR count). The van der Waals surface area contributed by atoms with Gasteiger partial charge in [0.15, 0.2) is 17.2 Å². The lowest BCUT2D eigenvalue weighted by Crippen LogP contribution is -2.06. The molecule has 1 heterocycles. The average Bonchev–Trinajstić information content (AvgIpc) is 3.18.